The van der Waals surface area contributed by atoms with E-state index in [0.29, 0.717) is 18.9 Å². The molecule has 1 aliphatic heterocycles. The molecule has 1 saturated heterocycles. The Morgan fingerprint density at radius 1 is 1.32 bits per heavy atom. The van der Waals surface area contributed by atoms with Crippen molar-refractivity contribution in [3.05, 3.63) is 34.9 Å². The molecular weight excluding hydrogens is 511 g/mol. The first-order valence-corrected chi connectivity index (χ1v) is 11.9. The Labute approximate surface area is 191 Å². The number of nitrogens with one attached hydrogen (secondary N) is 2. The van der Waals surface area contributed by atoms with Crippen LogP contribution in [0.1, 0.15) is 37.8 Å². The molecule has 0 aromatic heterocycles. The Kier molecular flexibility index (Phi) is 11.1. The number of aliphatic imine (C=N–C) groups is 1. The molecule has 2 N–H and O–H groups in total. The van der Waals surface area contributed by atoms with Gasteiger partial charge in [0.05, 0.1) is 11.8 Å². The fourth-order valence-corrected chi connectivity index (χ4v) is 4.29. The van der Waals surface area contributed by atoms with Crippen LogP contribution >= 0.6 is 35.6 Å². The number of rotatable bonds is 8. The van der Waals surface area contributed by atoms with Crippen molar-refractivity contribution >= 4 is 51.4 Å². The van der Waals surface area contributed by atoms with Gasteiger partial charge in [0.25, 0.3) is 0 Å². The van der Waals surface area contributed by atoms with Gasteiger partial charge in [0.2, 0.25) is 0 Å². The van der Waals surface area contributed by atoms with E-state index in [-0.39, 0.29) is 41.8 Å². The van der Waals surface area contributed by atoms with E-state index in [1.165, 1.54) is 24.7 Å². The molecule has 160 valence electrons. The topological polar surface area (TPSA) is 73.8 Å². The predicted octanol–water partition coefficient (Wildman–Crippen LogP) is 3.08. The maximum Gasteiger partial charge on any atom is 0.191 e. The van der Waals surface area contributed by atoms with E-state index in [9.17, 15) is 8.42 Å². The Morgan fingerprint density at radius 3 is 2.57 bits per heavy atom. The van der Waals surface area contributed by atoms with Gasteiger partial charge >= 0.3 is 0 Å². The van der Waals surface area contributed by atoms with E-state index in [0.717, 1.165) is 18.1 Å². The summed E-state index contributed by atoms with van der Waals surface area (Å²) in [6.45, 7) is 4.83. The van der Waals surface area contributed by atoms with Gasteiger partial charge in [-0.3, -0.25) is 9.89 Å². The molecule has 0 bridgehead atoms. The second-order valence-electron chi connectivity index (χ2n) is 7.23. The zero-order valence-corrected chi connectivity index (χ0v) is 20.7. The molecule has 0 amide bonds. The van der Waals surface area contributed by atoms with Gasteiger partial charge in [0, 0.05) is 30.9 Å². The largest absolute Gasteiger partial charge is 0.354 e. The highest BCUT2D eigenvalue weighted by atomic mass is 127. The van der Waals surface area contributed by atoms with E-state index in [1.807, 2.05) is 25.1 Å². The van der Waals surface area contributed by atoms with E-state index < -0.39 is 9.84 Å². The molecule has 0 spiro atoms. The lowest BCUT2D eigenvalue weighted by Crippen LogP contribution is -2.46. The molecule has 0 radical (unpaired) electrons. The average molecular weight is 543 g/mol. The first-order valence-electron chi connectivity index (χ1n) is 9.43. The van der Waals surface area contributed by atoms with Crippen LogP contribution in [-0.4, -0.2) is 64.0 Å². The number of nitrogens with zero attached hydrogens (tertiary/aromatic N) is 2. The molecule has 6 nitrogen and oxygen atoms in total. The highest BCUT2D eigenvalue weighted by Gasteiger charge is 2.24. The first-order chi connectivity index (χ1) is 12.8. The maximum atomic E-state index is 11.3. The maximum absolute atomic E-state index is 11.3. The second kappa shape index (κ2) is 12.2. The number of likely N-dealkylation sites (tertiary alicyclic amines) is 1. The summed E-state index contributed by atoms with van der Waals surface area (Å²) >= 11 is 6.20. The zero-order chi connectivity index (χ0) is 19.9. The molecule has 1 aromatic carbocycles. The normalized spacial score (nSPS) is 17.6. The zero-order valence-electron chi connectivity index (χ0n) is 16.8. The third-order valence-corrected chi connectivity index (χ3v) is 6.02. The van der Waals surface area contributed by atoms with Crippen LogP contribution in [0.3, 0.4) is 0 Å². The van der Waals surface area contributed by atoms with E-state index in [4.69, 9.17) is 11.6 Å². The van der Waals surface area contributed by atoms with Gasteiger partial charge in [-0.05, 0) is 57.0 Å². The molecule has 2 atom stereocenters. The highest BCUT2D eigenvalue weighted by Crippen LogP contribution is 2.26. The Bertz CT molecular complexity index is 739. The quantitative estimate of drug-likeness (QED) is 0.300. The van der Waals surface area contributed by atoms with Crippen molar-refractivity contribution in [3.8, 4) is 0 Å². The predicted molar refractivity (Wildman–Crippen MR) is 129 cm³/mol. The number of halogens is 2. The van der Waals surface area contributed by atoms with Gasteiger partial charge in [0.15, 0.2) is 5.96 Å². The van der Waals surface area contributed by atoms with Crippen molar-refractivity contribution < 1.29 is 8.42 Å². The highest BCUT2D eigenvalue weighted by molar-refractivity contribution is 14.0. The van der Waals surface area contributed by atoms with Crippen molar-refractivity contribution in [2.45, 2.75) is 38.3 Å². The summed E-state index contributed by atoms with van der Waals surface area (Å²) in [5.74, 6) is 0.846. The number of sulfone groups is 1. The first kappa shape index (κ1) is 25.5. The van der Waals surface area contributed by atoms with Crippen LogP contribution in [0.25, 0.3) is 0 Å². The lowest BCUT2D eigenvalue weighted by molar-refractivity contribution is 0.245. The molecule has 2 unspecified atom stereocenters. The van der Waals surface area contributed by atoms with Crippen molar-refractivity contribution in [3.63, 3.8) is 0 Å². The standard InChI is InChI=1S/C19H31ClN4O2S.HI/c1-15(9-12-27(3,25)26)23-19(21-2)22-14-18(24-10-4-5-11-24)16-7-6-8-17(20)13-16;/h6-8,13,15,18H,4-5,9-12,14H2,1-3H3,(H2,21,22,23);1H. The summed E-state index contributed by atoms with van der Waals surface area (Å²) in [4.78, 5) is 6.75. The smallest absolute Gasteiger partial charge is 0.191 e. The van der Waals surface area contributed by atoms with E-state index in [1.54, 1.807) is 7.05 Å². The van der Waals surface area contributed by atoms with Crippen LogP contribution in [-0.2, 0) is 9.84 Å². The van der Waals surface area contributed by atoms with Gasteiger partial charge in [-0.1, -0.05) is 23.7 Å². The van der Waals surface area contributed by atoms with Crippen molar-refractivity contribution in [1.82, 2.24) is 15.5 Å². The molecule has 2 rings (SSSR count). The molecule has 28 heavy (non-hydrogen) atoms. The fraction of sp³-hybridized carbons (Fsp3) is 0.632. The van der Waals surface area contributed by atoms with Crippen LogP contribution in [0, 0.1) is 0 Å². The van der Waals surface area contributed by atoms with E-state index in [2.05, 4.69) is 26.6 Å². The molecule has 1 heterocycles. The average Bonchev–Trinajstić information content (AvgIpc) is 3.13. The molecule has 0 aliphatic carbocycles. The minimum absolute atomic E-state index is 0. The summed E-state index contributed by atoms with van der Waals surface area (Å²) in [5, 5.41) is 7.42. The fourth-order valence-electron chi connectivity index (χ4n) is 3.31. The number of hydrogen-bond donors (Lipinski definition) is 2. The molecule has 0 saturated carbocycles. The Morgan fingerprint density at radius 2 is 2.00 bits per heavy atom. The molecule has 1 aliphatic rings. The van der Waals surface area contributed by atoms with Gasteiger partial charge in [-0.15, -0.1) is 24.0 Å². The van der Waals surface area contributed by atoms with Gasteiger partial charge in [0.1, 0.15) is 9.84 Å². The molecular formula is C19H32ClIN4O2S. The summed E-state index contributed by atoms with van der Waals surface area (Å²) in [6, 6.07) is 8.25. The molecule has 9 heteroatoms. The minimum Gasteiger partial charge on any atom is -0.354 e. The summed E-state index contributed by atoms with van der Waals surface area (Å²) in [6.07, 6.45) is 4.24. The monoisotopic (exact) mass is 542 g/mol. The van der Waals surface area contributed by atoms with Crippen LogP contribution in [0.4, 0.5) is 0 Å². The summed E-state index contributed by atoms with van der Waals surface area (Å²) < 4.78 is 22.7. The van der Waals surface area contributed by atoms with Gasteiger partial charge in [-0.25, -0.2) is 8.42 Å². The van der Waals surface area contributed by atoms with Crippen molar-refractivity contribution in [1.29, 1.82) is 0 Å². The SMILES string of the molecule is CN=C(NCC(c1cccc(Cl)c1)N1CCCC1)NC(C)CCS(C)(=O)=O.I. The lowest BCUT2D eigenvalue weighted by atomic mass is 10.1. The number of benzene rings is 1. The van der Waals surface area contributed by atoms with Gasteiger partial charge in [-0.2, -0.15) is 0 Å². The third-order valence-electron chi connectivity index (χ3n) is 4.81. The Hall–Kier alpha value is -0.580. The second-order valence-corrected chi connectivity index (χ2v) is 9.93. The van der Waals surface area contributed by atoms with E-state index >= 15 is 0 Å². The van der Waals surface area contributed by atoms with Crippen LogP contribution in [0.15, 0.2) is 29.3 Å². The van der Waals surface area contributed by atoms with Crippen molar-refractivity contribution in [2.75, 3.05) is 38.7 Å². The third kappa shape index (κ3) is 8.84. The van der Waals surface area contributed by atoms with Crippen LogP contribution < -0.4 is 10.6 Å². The lowest BCUT2D eigenvalue weighted by Gasteiger charge is -2.29. The van der Waals surface area contributed by atoms with Crippen molar-refractivity contribution in [2.24, 2.45) is 4.99 Å². The molecule has 1 fully saturated rings. The minimum atomic E-state index is -2.96. The summed E-state index contributed by atoms with van der Waals surface area (Å²) in [5.41, 5.74) is 1.19. The number of guanidine groups is 1. The number of hydrogen-bond acceptors (Lipinski definition) is 4. The molecule has 1 aromatic rings. The van der Waals surface area contributed by atoms with Crippen LogP contribution in [0.5, 0.6) is 0 Å². The Balaban J connectivity index is 0.00000392. The summed E-state index contributed by atoms with van der Waals surface area (Å²) in [7, 11) is -1.23. The van der Waals surface area contributed by atoms with Crippen LogP contribution in [0.2, 0.25) is 5.02 Å². The van der Waals surface area contributed by atoms with Gasteiger partial charge < -0.3 is 10.6 Å².